The number of fused-ring (bicyclic) bond motifs is 1. The minimum atomic E-state index is -3.92. The molecule has 218 valence electrons. The van der Waals surface area contributed by atoms with Crippen molar-refractivity contribution in [2.45, 2.75) is 58.1 Å². The summed E-state index contributed by atoms with van der Waals surface area (Å²) in [6, 6.07) is 20.1. The molecule has 4 rings (SSSR count). The second kappa shape index (κ2) is 13.1. The van der Waals surface area contributed by atoms with Gasteiger partial charge in [-0.2, -0.15) is 0 Å². The van der Waals surface area contributed by atoms with E-state index in [9.17, 15) is 13.2 Å². The number of furan rings is 1. The molecule has 7 nitrogen and oxygen atoms in total. The maximum absolute atomic E-state index is 13.9. The van der Waals surface area contributed by atoms with Gasteiger partial charge < -0.3 is 9.73 Å². The van der Waals surface area contributed by atoms with Crippen LogP contribution in [-0.2, 0) is 16.6 Å². The molecule has 0 aliphatic carbocycles. The van der Waals surface area contributed by atoms with Gasteiger partial charge in [-0.3, -0.25) is 14.0 Å². The number of sulfonamides is 1. The highest BCUT2D eigenvalue weighted by atomic mass is 79.9. The molecule has 0 saturated carbocycles. The van der Waals surface area contributed by atoms with Crippen molar-refractivity contribution in [1.29, 1.82) is 0 Å². The van der Waals surface area contributed by atoms with Crippen molar-refractivity contribution in [3.8, 4) is 0 Å². The Kier molecular flexibility index (Phi) is 10.00. The number of halogens is 2. The van der Waals surface area contributed by atoms with Crippen LogP contribution in [0.2, 0.25) is 0 Å². The predicted octanol–water partition coefficient (Wildman–Crippen LogP) is 7.51. The maximum atomic E-state index is 13.9. The lowest BCUT2D eigenvalue weighted by Gasteiger charge is -2.30. The van der Waals surface area contributed by atoms with Crippen LogP contribution in [0.25, 0.3) is 11.0 Å². The van der Waals surface area contributed by atoms with Gasteiger partial charge >= 0.3 is 0 Å². The van der Waals surface area contributed by atoms with Crippen molar-refractivity contribution < 1.29 is 17.6 Å². The van der Waals surface area contributed by atoms with Gasteiger partial charge in [0.2, 0.25) is 0 Å². The van der Waals surface area contributed by atoms with Crippen LogP contribution in [0.3, 0.4) is 0 Å². The number of anilines is 1. The molecule has 0 radical (unpaired) electrons. The molecule has 0 atom stereocenters. The standard InChI is InChI=1S/C31H35Br2N3O4S/c1-20(2)35(21(3)4)17-16-34-31(37)30-22(5)28-18-26(12-15-29(28)40-30)36(19-23-6-8-24(32)9-7-23)41(38,39)27-13-10-25(33)11-14-27/h6-15,18,20-21H,16-17,19H2,1-5H3,(H,34,37). The minimum absolute atomic E-state index is 0.129. The van der Waals surface area contributed by atoms with Gasteiger partial charge in [0, 0.05) is 45.1 Å². The number of nitrogens with zero attached hydrogens (tertiary/aromatic N) is 2. The Balaban J connectivity index is 1.67. The lowest BCUT2D eigenvalue weighted by molar-refractivity contribution is 0.0913. The maximum Gasteiger partial charge on any atom is 0.287 e. The first kappa shape index (κ1) is 31.3. The van der Waals surface area contributed by atoms with Crippen LogP contribution in [0.4, 0.5) is 5.69 Å². The summed E-state index contributed by atoms with van der Waals surface area (Å²) in [4.78, 5) is 15.6. The van der Waals surface area contributed by atoms with E-state index >= 15 is 0 Å². The van der Waals surface area contributed by atoms with Gasteiger partial charge in [0.15, 0.2) is 5.76 Å². The van der Waals surface area contributed by atoms with E-state index < -0.39 is 10.0 Å². The summed E-state index contributed by atoms with van der Waals surface area (Å²) in [7, 11) is -3.92. The molecule has 3 aromatic carbocycles. The van der Waals surface area contributed by atoms with Gasteiger partial charge in [-0.1, -0.05) is 44.0 Å². The molecule has 0 unspecified atom stereocenters. The Morgan fingerprint density at radius 2 is 1.49 bits per heavy atom. The van der Waals surface area contributed by atoms with Gasteiger partial charge in [0.05, 0.1) is 17.1 Å². The number of aryl methyl sites for hydroxylation is 1. The van der Waals surface area contributed by atoms with Gasteiger partial charge in [-0.15, -0.1) is 0 Å². The van der Waals surface area contributed by atoms with E-state index in [1.165, 1.54) is 4.31 Å². The quantitative estimate of drug-likeness (QED) is 0.175. The molecule has 1 N–H and O–H groups in total. The predicted molar refractivity (Wildman–Crippen MR) is 172 cm³/mol. The van der Waals surface area contributed by atoms with Crippen LogP contribution >= 0.6 is 31.9 Å². The van der Waals surface area contributed by atoms with Gasteiger partial charge in [0.25, 0.3) is 15.9 Å². The van der Waals surface area contributed by atoms with Gasteiger partial charge in [-0.25, -0.2) is 8.42 Å². The first-order chi connectivity index (χ1) is 19.4. The molecule has 1 aromatic heterocycles. The fourth-order valence-electron chi connectivity index (χ4n) is 4.88. The Labute approximate surface area is 259 Å². The first-order valence-electron chi connectivity index (χ1n) is 13.5. The van der Waals surface area contributed by atoms with Crippen LogP contribution < -0.4 is 9.62 Å². The molecular weight excluding hydrogens is 670 g/mol. The molecule has 0 fully saturated rings. The smallest absolute Gasteiger partial charge is 0.287 e. The van der Waals surface area contributed by atoms with E-state index in [-0.39, 0.29) is 23.1 Å². The van der Waals surface area contributed by atoms with Crippen molar-refractivity contribution in [2.75, 3.05) is 17.4 Å². The third-order valence-electron chi connectivity index (χ3n) is 7.04. The van der Waals surface area contributed by atoms with E-state index in [1.54, 1.807) is 42.5 Å². The normalized spacial score (nSPS) is 12.0. The molecule has 0 aliphatic heterocycles. The topological polar surface area (TPSA) is 82.9 Å². The summed E-state index contributed by atoms with van der Waals surface area (Å²) in [6.07, 6.45) is 0. The number of amides is 1. The van der Waals surface area contributed by atoms with E-state index in [1.807, 2.05) is 31.2 Å². The summed E-state index contributed by atoms with van der Waals surface area (Å²) in [6.45, 7) is 11.7. The van der Waals surface area contributed by atoms with Crippen LogP contribution in [0.1, 0.15) is 49.4 Å². The minimum Gasteiger partial charge on any atom is -0.451 e. The fourth-order valence-corrected chi connectivity index (χ4v) is 6.85. The number of hydrogen-bond acceptors (Lipinski definition) is 5. The highest BCUT2D eigenvalue weighted by Gasteiger charge is 2.27. The lowest BCUT2D eigenvalue weighted by atomic mass is 10.1. The Morgan fingerprint density at radius 1 is 0.902 bits per heavy atom. The SMILES string of the molecule is Cc1c(C(=O)NCCN(C(C)C)C(C)C)oc2ccc(N(Cc3ccc(Br)cc3)S(=O)(=O)c3ccc(Br)cc3)cc12. The average Bonchev–Trinajstić information content (AvgIpc) is 3.26. The van der Waals surface area contributed by atoms with E-state index in [4.69, 9.17) is 4.42 Å². The Hall–Kier alpha value is -2.66. The lowest BCUT2D eigenvalue weighted by Crippen LogP contribution is -2.42. The third-order valence-corrected chi connectivity index (χ3v) is 9.88. The fraction of sp³-hybridized carbons (Fsp3) is 0.323. The number of carbonyl (C=O) groups is 1. The molecule has 1 heterocycles. The molecular formula is C31H35Br2N3O4S. The molecule has 0 spiro atoms. The summed E-state index contributed by atoms with van der Waals surface area (Å²) in [5.74, 6) is -0.0602. The number of hydrogen-bond donors (Lipinski definition) is 1. The van der Waals surface area contributed by atoms with Crippen LogP contribution in [0.5, 0.6) is 0 Å². The zero-order valence-corrected chi connectivity index (χ0v) is 27.8. The molecule has 0 aliphatic rings. The molecule has 1 amide bonds. The van der Waals surface area contributed by atoms with E-state index in [0.29, 0.717) is 40.8 Å². The van der Waals surface area contributed by atoms with Crippen LogP contribution in [0, 0.1) is 6.92 Å². The second-order valence-corrected chi connectivity index (χ2v) is 14.2. The van der Waals surface area contributed by atoms with E-state index in [2.05, 4.69) is 69.8 Å². The Bertz CT molecular complexity index is 1610. The van der Waals surface area contributed by atoms with Crippen LogP contribution in [0.15, 0.2) is 85.0 Å². The van der Waals surface area contributed by atoms with E-state index in [0.717, 1.165) is 21.1 Å². The van der Waals surface area contributed by atoms with Crippen molar-refractivity contribution in [1.82, 2.24) is 10.2 Å². The first-order valence-corrected chi connectivity index (χ1v) is 16.5. The van der Waals surface area contributed by atoms with Crippen molar-refractivity contribution in [3.63, 3.8) is 0 Å². The number of rotatable bonds is 11. The number of nitrogens with one attached hydrogen (secondary N) is 1. The molecule has 0 saturated heterocycles. The summed E-state index contributed by atoms with van der Waals surface area (Å²) in [5, 5.41) is 3.66. The van der Waals surface area contributed by atoms with Crippen molar-refractivity contribution in [3.05, 3.63) is 92.6 Å². The summed E-state index contributed by atoms with van der Waals surface area (Å²) in [5.41, 5.74) is 2.49. The average molecular weight is 706 g/mol. The second-order valence-electron chi connectivity index (χ2n) is 10.5. The number of carbonyl (C=O) groups excluding carboxylic acids is 1. The highest BCUT2D eigenvalue weighted by molar-refractivity contribution is 9.10. The van der Waals surface area contributed by atoms with Crippen LogP contribution in [-0.4, -0.2) is 44.4 Å². The summed E-state index contributed by atoms with van der Waals surface area (Å²) >= 11 is 6.82. The van der Waals surface area contributed by atoms with Gasteiger partial charge in [-0.05, 0) is 94.8 Å². The Morgan fingerprint density at radius 3 is 2.07 bits per heavy atom. The monoisotopic (exact) mass is 703 g/mol. The molecule has 10 heteroatoms. The summed E-state index contributed by atoms with van der Waals surface area (Å²) < 4.78 is 36.9. The third kappa shape index (κ3) is 7.23. The molecule has 41 heavy (non-hydrogen) atoms. The zero-order valence-electron chi connectivity index (χ0n) is 23.8. The largest absolute Gasteiger partial charge is 0.451 e. The number of benzene rings is 3. The van der Waals surface area contributed by atoms with Crippen molar-refractivity contribution in [2.24, 2.45) is 0 Å². The highest BCUT2D eigenvalue weighted by Crippen LogP contribution is 2.33. The van der Waals surface area contributed by atoms with Gasteiger partial charge in [0.1, 0.15) is 5.58 Å². The molecule has 0 bridgehead atoms. The zero-order chi connectivity index (χ0) is 29.9. The molecule has 4 aromatic rings. The van der Waals surface area contributed by atoms with Crippen molar-refractivity contribution >= 4 is 64.4 Å².